The van der Waals surface area contributed by atoms with Crippen molar-refractivity contribution in [3.05, 3.63) is 48.0 Å². The Bertz CT molecular complexity index is 1120. The topological polar surface area (TPSA) is 66.9 Å². The Labute approximate surface area is 190 Å². The van der Waals surface area contributed by atoms with E-state index in [-0.39, 0.29) is 17.1 Å². The fraction of sp³-hybridized carbons (Fsp3) is 0.480. The van der Waals surface area contributed by atoms with E-state index in [9.17, 15) is 13.2 Å². The van der Waals surface area contributed by atoms with E-state index < -0.39 is 9.84 Å². The molecule has 0 unspecified atom stereocenters. The molecule has 1 saturated heterocycles. The van der Waals surface area contributed by atoms with Crippen molar-refractivity contribution in [3.8, 4) is 5.75 Å². The molecule has 1 aliphatic carbocycles. The SMILES string of the molecule is COc1cccc(N2CCC(S(=O)(=O)c3ccc4c(c3)CCN4C(=O)C3CCC3)CC2)c1. The van der Waals surface area contributed by atoms with Gasteiger partial charge in [-0.25, -0.2) is 8.42 Å². The molecule has 0 atom stereocenters. The third-order valence-corrected chi connectivity index (χ3v) is 9.55. The van der Waals surface area contributed by atoms with Crippen LogP contribution in [0.25, 0.3) is 0 Å². The lowest BCUT2D eigenvalue weighted by Crippen LogP contribution is -2.39. The molecular weight excluding hydrogens is 424 g/mol. The summed E-state index contributed by atoms with van der Waals surface area (Å²) in [5.74, 6) is 1.16. The first kappa shape index (κ1) is 21.3. The lowest BCUT2D eigenvalue weighted by molar-refractivity contribution is -0.124. The Morgan fingerprint density at radius 2 is 1.78 bits per heavy atom. The van der Waals surface area contributed by atoms with Gasteiger partial charge in [0.1, 0.15) is 5.75 Å². The molecule has 0 bridgehead atoms. The zero-order valence-corrected chi connectivity index (χ0v) is 19.3. The van der Waals surface area contributed by atoms with Gasteiger partial charge in [-0.1, -0.05) is 12.5 Å². The summed E-state index contributed by atoms with van der Waals surface area (Å²) < 4.78 is 32.1. The van der Waals surface area contributed by atoms with Crippen molar-refractivity contribution in [2.24, 2.45) is 5.92 Å². The fourth-order valence-corrected chi connectivity index (χ4v) is 6.86. The van der Waals surface area contributed by atoms with Crippen LogP contribution < -0.4 is 14.5 Å². The Morgan fingerprint density at radius 3 is 2.47 bits per heavy atom. The fourth-order valence-electron chi connectivity index (χ4n) is 5.08. The maximum atomic E-state index is 13.4. The minimum absolute atomic E-state index is 0.152. The van der Waals surface area contributed by atoms with Crippen molar-refractivity contribution in [1.82, 2.24) is 0 Å². The number of piperidine rings is 1. The van der Waals surface area contributed by atoms with Gasteiger partial charge in [-0.15, -0.1) is 0 Å². The van der Waals surface area contributed by atoms with E-state index >= 15 is 0 Å². The predicted molar refractivity (Wildman–Crippen MR) is 125 cm³/mol. The average Bonchev–Trinajstić information content (AvgIpc) is 3.21. The number of carbonyl (C=O) groups is 1. The van der Waals surface area contributed by atoms with Crippen molar-refractivity contribution in [2.45, 2.75) is 48.7 Å². The van der Waals surface area contributed by atoms with Crippen LogP contribution in [0.15, 0.2) is 47.4 Å². The molecule has 0 N–H and O–H groups in total. The molecule has 6 nitrogen and oxygen atoms in total. The largest absolute Gasteiger partial charge is 0.497 e. The lowest BCUT2D eigenvalue weighted by Gasteiger charge is -2.33. The standard InChI is InChI=1S/C25H30N2O4S/c1-31-21-7-3-6-20(17-21)26-13-11-22(12-14-26)32(29,30)23-8-9-24-19(16-23)10-15-27(24)25(28)18-4-2-5-18/h3,6-9,16-18,22H,2,4-5,10-15H2,1H3. The van der Waals surface area contributed by atoms with Crippen molar-refractivity contribution in [3.63, 3.8) is 0 Å². The van der Waals surface area contributed by atoms with Crippen molar-refractivity contribution in [2.75, 3.05) is 36.5 Å². The molecule has 3 aliphatic rings. The second-order valence-corrected chi connectivity index (χ2v) is 11.3. The van der Waals surface area contributed by atoms with E-state index in [1.165, 1.54) is 0 Å². The van der Waals surface area contributed by atoms with Crippen LogP contribution in [-0.2, 0) is 21.1 Å². The summed E-state index contributed by atoms with van der Waals surface area (Å²) >= 11 is 0. The highest BCUT2D eigenvalue weighted by atomic mass is 32.2. The number of carbonyl (C=O) groups excluding carboxylic acids is 1. The number of hydrogen-bond acceptors (Lipinski definition) is 5. The number of fused-ring (bicyclic) bond motifs is 1. The van der Waals surface area contributed by atoms with Crippen LogP contribution in [0, 0.1) is 5.92 Å². The molecule has 32 heavy (non-hydrogen) atoms. The Hall–Kier alpha value is -2.54. The van der Waals surface area contributed by atoms with Crippen molar-refractivity contribution < 1.29 is 17.9 Å². The van der Waals surface area contributed by atoms with Gasteiger partial charge in [0.05, 0.1) is 17.3 Å². The minimum Gasteiger partial charge on any atom is -0.497 e. The molecule has 2 heterocycles. The number of ether oxygens (including phenoxy) is 1. The third-order valence-electron chi connectivity index (χ3n) is 7.29. The lowest BCUT2D eigenvalue weighted by atomic mass is 9.84. The van der Waals surface area contributed by atoms with Gasteiger partial charge in [-0.2, -0.15) is 0 Å². The highest BCUT2D eigenvalue weighted by Gasteiger charge is 2.35. The maximum absolute atomic E-state index is 13.4. The van der Waals surface area contributed by atoms with E-state index in [1.807, 2.05) is 41.3 Å². The predicted octanol–water partition coefficient (Wildman–Crippen LogP) is 3.83. The first-order chi connectivity index (χ1) is 15.5. The number of methoxy groups -OCH3 is 1. The van der Waals surface area contributed by atoms with Gasteiger partial charge < -0.3 is 14.5 Å². The molecule has 0 radical (unpaired) electrons. The molecule has 2 aromatic carbocycles. The monoisotopic (exact) mass is 454 g/mol. The van der Waals surface area contributed by atoms with Gasteiger partial charge in [0, 0.05) is 43.0 Å². The van der Waals surface area contributed by atoms with Crippen LogP contribution in [-0.4, -0.2) is 46.3 Å². The summed E-state index contributed by atoms with van der Waals surface area (Å²) in [7, 11) is -1.75. The highest BCUT2D eigenvalue weighted by molar-refractivity contribution is 7.92. The molecule has 2 fully saturated rings. The Kier molecular flexibility index (Phi) is 5.61. The van der Waals surface area contributed by atoms with Gasteiger partial charge in [-0.3, -0.25) is 4.79 Å². The van der Waals surface area contributed by atoms with Crippen molar-refractivity contribution in [1.29, 1.82) is 0 Å². The van der Waals surface area contributed by atoms with Crippen LogP contribution >= 0.6 is 0 Å². The van der Waals surface area contributed by atoms with Gasteiger partial charge in [0.15, 0.2) is 9.84 Å². The normalized spacial score (nSPS) is 19.5. The highest BCUT2D eigenvalue weighted by Crippen LogP contribution is 2.37. The van der Waals surface area contributed by atoms with Gasteiger partial charge in [0.25, 0.3) is 0 Å². The Balaban J connectivity index is 1.29. The van der Waals surface area contributed by atoms with Crippen LogP contribution in [0.2, 0.25) is 0 Å². The summed E-state index contributed by atoms with van der Waals surface area (Å²) in [5, 5.41) is -0.378. The van der Waals surface area contributed by atoms with E-state index in [0.717, 1.165) is 48.4 Å². The zero-order valence-electron chi connectivity index (χ0n) is 18.5. The Morgan fingerprint density at radius 1 is 1.00 bits per heavy atom. The third kappa shape index (κ3) is 3.76. The second kappa shape index (κ2) is 8.43. The molecule has 2 aromatic rings. The van der Waals surface area contributed by atoms with E-state index in [1.54, 1.807) is 13.2 Å². The van der Waals surface area contributed by atoms with Crippen molar-refractivity contribution >= 4 is 27.1 Å². The zero-order chi connectivity index (χ0) is 22.3. The number of rotatable bonds is 5. The molecule has 1 saturated carbocycles. The van der Waals surface area contributed by atoms with Crippen LogP contribution in [0.1, 0.15) is 37.7 Å². The smallest absolute Gasteiger partial charge is 0.230 e. The summed E-state index contributed by atoms with van der Waals surface area (Å²) in [4.78, 5) is 17.2. The number of benzene rings is 2. The minimum atomic E-state index is -3.40. The molecular formula is C25H30N2O4S. The summed E-state index contributed by atoms with van der Waals surface area (Å²) in [6.07, 6.45) is 5.01. The van der Waals surface area contributed by atoms with Gasteiger partial charge in [0.2, 0.25) is 5.91 Å². The van der Waals surface area contributed by atoms with E-state index in [4.69, 9.17) is 4.74 Å². The summed E-state index contributed by atoms with van der Waals surface area (Å²) in [6.45, 7) is 2.06. The molecule has 5 rings (SSSR count). The van der Waals surface area contributed by atoms with E-state index in [2.05, 4.69) is 4.90 Å². The van der Waals surface area contributed by atoms with E-state index in [0.29, 0.717) is 37.4 Å². The number of hydrogen-bond donors (Lipinski definition) is 0. The molecule has 0 spiro atoms. The molecule has 0 aromatic heterocycles. The number of sulfone groups is 1. The summed E-state index contributed by atoms with van der Waals surface area (Å²) in [5.41, 5.74) is 2.94. The van der Waals surface area contributed by atoms with Crippen LogP contribution in [0.5, 0.6) is 5.75 Å². The van der Waals surface area contributed by atoms with Crippen LogP contribution in [0.3, 0.4) is 0 Å². The average molecular weight is 455 g/mol. The molecule has 2 aliphatic heterocycles. The molecule has 1 amide bonds. The number of amides is 1. The maximum Gasteiger partial charge on any atom is 0.230 e. The first-order valence-corrected chi connectivity index (χ1v) is 13.1. The quantitative estimate of drug-likeness (QED) is 0.687. The molecule has 170 valence electrons. The van der Waals surface area contributed by atoms with Gasteiger partial charge in [-0.05, 0) is 68.0 Å². The first-order valence-electron chi connectivity index (χ1n) is 11.5. The van der Waals surface area contributed by atoms with Crippen LogP contribution in [0.4, 0.5) is 11.4 Å². The number of nitrogens with zero attached hydrogens (tertiary/aromatic N) is 2. The number of anilines is 2. The summed E-state index contributed by atoms with van der Waals surface area (Å²) in [6, 6.07) is 13.3. The second-order valence-electron chi connectivity index (χ2n) is 9.09. The van der Waals surface area contributed by atoms with Gasteiger partial charge >= 0.3 is 0 Å². The molecule has 7 heteroatoms.